The summed E-state index contributed by atoms with van der Waals surface area (Å²) in [5.41, 5.74) is 3.26. The first kappa shape index (κ1) is 18.7. The van der Waals surface area contributed by atoms with Crippen molar-refractivity contribution in [1.29, 1.82) is 0 Å². The zero-order valence-corrected chi connectivity index (χ0v) is 16.7. The number of carbonyl (C=O) groups excluding carboxylic acids is 1. The van der Waals surface area contributed by atoms with Crippen molar-refractivity contribution in [2.24, 2.45) is 0 Å². The first-order valence-electron chi connectivity index (χ1n) is 10.5. The van der Waals surface area contributed by atoms with Gasteiger partial charge in [-0.1, -0.05) is 43.7 Å². The van der Waals surface area contributed by atoms with Crippen molar-refractivity contribution >= 4 is 11.8 Å². The second-order valence-corrected chi connectivity index (χ2v) is 7.61. The first-order chi connectivity index (χ1) is 13.8. The highest BCUT2D eigenvalue weighted by molar-refractivity contribution is 5.75. The molecule has 0 bridgehead atoms. The molecule has 4 rings (SSSR count). The van der Waals surface area contributed by atoms with Crippen molar-refractivity contribution in [2.75, 3.05) is 31.1 Å². The Hall–Kier alpha value is -2.63. The van der Waals surface area contributed by atoms with Crippen LogP contribution in [0.15, 0.2) is 30.3 Å². The van der Waals surface area contributed by atoms with Gasteiger partial charge in [0.15, 0.2) is 5.82 Å². The molecular formula is C22H29N5O. The van der Waals surface area contributed by atoms with Crippen molar-refractivity contribution in [2.45, 2.75) is 45.6 Å². The molecule has 2 aromatic rings. The van der Waals surface area contributed by atoms with Gasteiger partial charge in [-0.25, -0.2) is 14.8 Å². The van der Waals surface area contributed by atoms with Gasteiger partial charge in [0.1, 0.15) is 5.82 Å². The number of nitrogens with one attached hydrogen (secondary N) is 1. The average Bonchev–Trinajstić information content (AvgIpc) is 3.28. The molecule has 1 aromatic carbocycles. The average molecular weight is 380 g/mol. The summed E-state index contributed by atoms with van der Waals surface area (Å²) in [4.78, 5) is 26.7. The number of urea groups is 1. The van der Waals surface area contributed by atoms with Crippen LogP contribution in [-0.4, -0.2) is 47.1 Å². The van der Waals surface area contributed by atoms with Gasteiger partial charge in [0, 0.05) is 43.7 Å². The minimum absolute atomic E-state index is 0.0265. The van der Waals surface area contributed by atoms with E-state index in [-0.39, 0.29) is 6.03 Å². The summed E-state index contributed by atoms with van der Waals surface area (Å²) < 4.78 is 0. The van der Waals surface area contributed by atoms with E-state index in [1.54, 1.807) is 0 Å². The van der Waals surface area contributed by atoms with E-state index >= 15 is 0 Å². The third kappa shape index (κ3) is 3.96. The fourth-order valence-corrected chi connectivity index (χ4v) is 3.96. The molecule has 0 unspecified atom stereocenters. The van der Waals surface area contributed by atoms with Crippen molar-refractivity contribution in [3.63, 3.8) is 0 Å². The Morgan fingerprint density at radius 2 is 1.89 bits per heavy atom. The molecule has 1 saturated heterocycles. The maximum atomic E-state index is 12.6. The van der Waals surface area contributed by atoms with Gasteiger partial charge in [0.2, 0.25) is 0 Å². The quantitative estimate of drug-likeness (QED) is 0.806. The predicted octanol–water partition coefficient (Wildman–Crippen LogP) is 3.61. The van der Waals surface area contributed by atoms with Crippen molar-refractivity contribution < 1.29 is 4.79 Å². The fourth-order valence-electron chi connectivity index (χ4n) is 3.96. The molecule has 2 amide bonds. The predicted molar refractivity (Wildman–Crippen MR) is 111 cm³/mol. The zero-order valence-electron chi connectivity index (χ0n) is 16.7. The Morgan fingerprint density at radius 1 is 1.11 bits per heavy atom. The van der Waals surface area contributed by atoms with Crippen LogP contribution in [0, 0.1) is 0 Å². The molecule has 6 heteroatoms. The summed E-state index contributed by atoms with van der Waals surface area (Å²) in [5.74, 6) is 1.81. The van der Waals surface area contributed by atoms with Crippen LogP contribution in [0.25, 0.3) is 11.4 Å². The topological polar surface area (TPSA) is 61.4 Å². The van der Waals surface area contributed by atoms with Crippen molar-refractivity contribution in [1.82, 2.24) is 20.2 Å². The maximum absolute atomic E-state index is 12.6. The molecule has 6 nitrogen and oxygen atoms in total. The monoisotopic (exact) mass is 379 g/mol. The van der Waals surface area contributed by atoms with Crippen LogP contribution in [0.4, 0.5) is 10.6 Å². The summed E-state index contributed by atoms with van der Waals surface area (Å²) in [6, 6.07) is 10.2. The molecule has 2 aliphatic heterocycles. The molecule has 1 N–H and O–H groups in total. The van der Waals surface area contributed by atoms with Crippen LogP contribution >= 0.6 is 0 Å². The van der Waals surface area contributed by atoms with Gasteiger partial charge in [0.05, 0.1) is 12.2 Å². The van der Waals surface area contributed by atoms with Gasteiger partial charge >= 0.3 is 6.03 Å². The Kier molecular flexibility index (Phi) is 5.74. The molecule has 0 spiro atoms. The lowest BCUT2D eigenvalue weighted by Gasteiger charge is -2.32. The highest BCUT2D eigenvalue weighted by Gasteiger charge is 2.28. The van der Waals surface area contributed by atoms with Crippen LogP contribution in [0.3, 0.4) is 0 Å². The van der Waals surface area contributed by atoms with Gasteiger partial charge in [-0.2, -0.15) is 0 Å². The fraction of sp³-hybridized carbons (Fsp3) is 0.500. The molecule has 3 heterocycles. The van der Waals surface area contributed by atoms with E-state index < -0.39 is 0 Å². The van der Waals surface area contributed by atoms with E-state index in [0.717, 1.165) is 67.4 Å². The lowest BCUT2D eigenvalue weighted by Crippen LogP contribution is -2.44. The minimum atomic E-state index is 0.0265. The van der Waals surface area contributed by atoms with Gasteiger partial charge in [-0.15, -0.1) is 0 Å². The lowest BCUT2D eigenvalue weighted by atomic mass is 10.0. The van der Waals surface area contributed by atoms with E-state index in [2.05, 4.69) is 29.3 Å². The summed E-state index contributed by atoms with van der Waals surface area (Å²) in [6.07, 6.45) is 5.26. The molecule has 0 radical (unpaired) electrons. The summed E-state index contributed by atoms with van der Waals surface area (Å²) in [6.45, 7) is 6.22. The number of aromatic nitrogens is 2. The number of rotatable bonds is 5. The van der Waals surface area contributed by atoms with Crippen molar-refractivity contribution in [3.8, 4) is 11.4 Å². The molecule has 0 aliphatic carbocycles. The van der Waals surface area contributed by atoms with Gasteiger partial charge < -0.3 is 15.1 Å². The normalized spacial score (nSPS) is 16.2. The number of hydrogen-bond donors (Lipinski definition) is 1. The first-order valence-corrected chi connectivity index (χ1v) is 10.5. The largest absolute Gasteiger partial charge is 0.356 e. The highest BCUT2D eigenvalue weighted by Crippen LogP contribution is 2.31. The molecular weight excluding hydrogens is 350 g/mol. The molecule has 1 aromatic heterocycles. The SMILES string of the molecule is CCCCNC(=O)N1CCc2nc(-c3ccccc3)nc(N3CCCC3)c2C1. The lowest BCUT2D eigenvalue weighted by molar-refractivity contribution is 0.192. The van der Waals surface area contributed by atoms with Crippen LogP contribution in [-0.2, 0) is 13.0 Å². The summed E-state index contributed by atoms with van der Waals surface area (Å²) >= 11 is 0. The molecule has 0 atom stereocenters. The van der Waals surface area contributed by atoms with E-state index in [1.807, 2.05) is 23.1 Å². The Morgan fingerprint density at radius 3 is 2.64 bits per heavy atom. The number of fused-ring (bicyclic) bond motifs is 1. The Bertz CT molecular complexity index is 817. The third-order valence-electron chi connectivity index (χ3n) is 5.57. The molecule has 2 aliphatic rings. The maximum Gasteiger partial charge on any atom is 0.317 e. The number of amides is 2. The molecule has 148 valence electrons. The standard InChI is InChI=1S/C22H29N5O/c1-2-3-12-23-22(28)27-15-11-19-18(16-27)21(26-13-7-8-14-26)25-20(24-19)17-9-5-4-6-10-17/h4-6,9-10H,2-3,7-8,11-16H2,1H3,(H,23,28). The Labute approximate surface area is 167 Å². The zero-order chi connectivity index (χ0) is 19.3. The van der Waals surface area contributed by atoms with Gasteiger partial charge in [-0.05, 0) is 19.3 Å². The molecule has 1 fully saturated rings. The number of anilines is 1. The minimum Gasteiger partial charge on any atom is -0.356 e. The van der Waals surface area contributed by atoms with E-state index in [9.17, 15) is 4.79 Å². The van der Waals surface area contributed by atoms with Crippen LogP contribution in [0.2, 0.25) is 0 Å². The second-order valence-electron chi connectivity index (χ2n) is 7.61. The van der Waals surface area contributed by atoms with Gasteiger partial charge in [0.25, 0.3) is 0 Å². The number of benzene rings is 1. The van der Waals surface area contributed by atoms with E-state index in [4.69, 9.17) is 9.97 Å². The molecule has 28 heavy (non-hydrogen) atoms. The number of unbranched alkanes of at least 4 members (excludes halogenated alkanes) is 1. The summed E-state index contributed by atoms with van der Waals surface area (Å²) in [7, 11) is 0. The molecule has 0 saturated carbocycles. The van der Waals surface area contributed by atoms with Crippen molar-refractivity contribution in [3.05, 3.63) is 41.6 Å². The van der Waals surface area contributed by atoms with E-state index in [0.29, 0.717) is 13.1 Å². The number of nitrogens with zero attached hydrogens (tertiary/aromatic N) is 4. The Balaban J connectivity index is 1.63. The summed E-state index contributed by atoms with van der Waals surface area (Å²) in [5, 5.41) is 3.04. The highest BCUT2D eigenvalue weighted by atomic mass is 16.2. The number of hydrogen-bond acceptors (Lipinski definition) is 4. The smallest absolute Gasteiger partial charge is 0.317 e. The number of carbonyl (C=O) groups is 1. The van der Waals surface area contributed by atoms with E-state index in [1.165, 1.54) is 12.8 Å². The van der Waals surface area contributed by atoms with Crippen LogP contribution in [0.1, 0.15) is 43.9 Å². The second kappa shape index (κ2) is 8.59. The van der Waals surface area contributed by atoms with Gasteiger partial charge in [-0.3, -0.25) is 0 Å². The van der Waals surface area contributed by atoms with Crippen LogP contribution < -0.4 is 10.2 Å². The third-order valence-corrected chi connectivity index (χ3v) is 5.57. The van der Waals surface area contributed by atoms with Crippen LogP contribution in [0.5, 0.6) is 0 Å².